The van der Waals surface area contributed by atoms with Crippen LogP contribution in [-0.4, -0.2) is 7.11 Å². The Morgan fingerprint density at radius 3 is 2.06 bits per heavy atom. The second-order valence-corrected chi connectivity index (χ2v) is 5.42. The highest BCUT2D eigenvalue weighted by molar-refractivity contribution is 4.81. The Labute approximate surface area is 109 Å². The molecule has 0 saturated heterocycles. The fourth-order valence-electron chi connectivity index (χ4n) is 2.20. The van der Waals surface area contributed by atoms with Gasteiger partial charge in [0.25, 0.3) is 0 Å². The molecule has 0 spiro atoms. The van der Waals surface area contributed by atoms with Crippen LogP contribution in [0.15, 0.2) is 12.3 Å². The molecule has 101 valence electrons. The number of hydrogen-bond acceptors (Lipinski definition) is 1. The molecule has 0 bridgehead atoms. The predicted octanol–water partition coefficient (Wildman–Crippen LogP) is 5.37. The van der Waals surface area contributed by atoms with Crippen molar-refractivity contribution in [2.24, 2.45) is 11.8 Å². The monoisotopic (exact) mass is 239 g/mol. The molecule has 0 fully saturated rings. The first kappa shape index (κ1) is 16.5. The van der Waals surface area contributed by atoms with Gasteiger partial charge in [0.2, 0.25) is 0 Å². The fraction of sp³-hybridized carbons (Fsp3) is 0.812. The van der Waals surface area contributed by atoms with Crippen LogP contribution in [-0.2, 0) is 4.74 Å². The van der Waals surface area contributed by atoms with E-state index in [0.717, 1.165) is 30.4 Å². The van der Waals surface area contributed by atoms with Gasteiger partial charge in [0, 0.05) is 6.42 Å². The minimum absolute atomic E-state index is 0.839. The second kappa shape index (κ2) is 10.7. The summed E-state index contributed by atoms with van der Waals surface area (Å²) in [4.78, 5) is 0. The van der Waals surface area contributed by atoms with Gasteiger partial charge in [-0.15, -0.1) is 0 Å². The van der Waals surface area contributed by atoms with Crippen molar-refractivity contribution >= 4 is 0 Å². The number of ether oxygens (including phenoxy) is 1. The first-order chi connectivity index (χ1) is 8.10. The largest absolute Gasteiger partial charge is 0.502 e. The van der Waals surface area contributed by atoms with E-state index < -0.39 is 0 Å². The number of hydrogen-bond donors (Lipinski definition) is 0. The van der Waals surface area contributed by atoms with Crippen molar-refractivity contribution < 1.29 is 4.74 Å². The maximum Gasteiger partial charge on any atom is 0.0883 e. The van der Waals surface area contributed by atoms with E-state index in [1.165, 1.54) is 38.5 Å². The van der Waals surface area contributed by atoms with E-state index in [4.69, 9.17) is 4.74 Å². The van der Waals surface area contributed by atoms with E-state index in [0.29, 0.717) is 0 Å². The summed E-state index contributed by atoms with van der Waals surface area (Å²) < 4.78 is 5.07. The Morgan fingerprint density at radius 2 is 1.53 bits per heavy atom. The van der Waals surface area contributed by atoms with Crippen LogP contribution in [0.25, 0.3) is 0 Å². The number of rotatable bonds is 11. The highest BCUT2D eigenvalue weighted by Crippen LogP contribution is 2.20. The van der Waals surface area contributed by atoms with Gasteiger partial charge in [0.05, 0.1) is 12.9 Å². The molecular formula is C16H31O. The zero-order valence-electron chi connectivity index (χ0n) is 12.1. The zero-order chi connectivity index (χ0) is 13.1. The average molecular weight is 239 g/mol. The highest BCUT2D eigenvalue weighted by Gasteiger charge is 2.05. The van der Waals surface area contributed by atoms with E-state index in [-0.39, 0.29) is 0 Å². The summed E-state index contributed by atoms with van der Waals surface area (Å²) in [5.41, 5.74) is 0. The lowest BCUT2D eigenvalue weighted by Gasteiger charge is -2.14. The Kier molecular flexibility index (Phi) is 10.4. The van der Waals surface area contributed by atoms with Crippen molar-refractivity contribution in [1.29, 1.82) is 0 Å². The second-order valence-electron chi connectivity index (χ2n) is 5.42. The molecule has 0 aromatic carbocycles. The summed E-state index contributed by atoms with van der Waals surface area (Å²) in [5.74, 6) is 2.61. The van der Waals surface area contributed by atoms with Crippen LogP contribution in [0.4, 0.5) is 0 Å². The van der Waals surface area contributed by atoms with Crippen molar-refractivity contribution in [2.75, 3.05) is 7.11 Å². The van der Waals surface area contributed by atoms with Crippen LogP contribution in [0.2, 0.25) is 0 Å². The van der Waals surface area contributed by atoms with Gasteiger partial charge in [-0.3, -0.25) is 0 Å². The third-order valence-electron chi connectivity index (χ3n) is 3.53. The average Bonchev–Trinajstić information content (AvgIpc) is 2.29. The van der Waals surface area contributed by atoms with Crippen LogP contribution < -0.4 is 0 Å². The van der Waals surface area contributed by atoms with Gasteiger partial charge in [0.15, 0.2) is 0 Å². The molecule has 0 amide bonds. The summed E-state index contributed by atoms with van der Waals surface area (Å²) in [6.07, 6.45) is 9.98. The molecule has 0 heterocycles. The Balaban J connectivity index is 3.40. The summed E-state index contributed by atoms with van der Waals surface area (Å²) in [7, 11) is 1.70. The topological polar surface area (TPSA) is 9.23 Å². The lowest BCUT2D eigenvalue weighted by molar-refractivity contribution is 0.273. The summed E-state index contributed by atoms with van der Waals surface area (Å²) in [6, 6.07) is 0. The Morgan fingerprint density at radius 1 is 1.00 bits per heavy atom. The molecule has 0 N–H and O–H groups in total. The Hall–Kier alpha value is -0.460. The molecule has 2 unspecified atom stereocenters. The lowest BCUT2D eigenvalue weighted by atomic mass is 9.93. The van der Waals surface area contributed by atoms with E-state index in [1.54, 1.807) is 7.11 Å². The van der Waals surface area contributed by atoms with E-state index >= 15 is 0 Å². The quantitative estimate of drug-likeness (QED) is 0.440. The van der Waals surface area contributed by atoms with E-state index in [2.05, 4.69) is 27.4 Å². The van der Waals surface area contributed by atoms with Crippen molar-refractivity contribution in [1.82, 2.24) is 0 Å². The van der Waals surface area contributed by atoms with E-state index in [9.17, 15) is 0 Å². The summed E-state index contributed by atoms with van der Waals surface area (Å²) >= 11 is 0. The fourth-order valence-corrected chi connectivity index (χ4v) is 2.20. The van der Waals surface area contributed by atoms with Gasteiger partial charge < -0.3 is 4.74 Å². The highest BCUT2D eigenvalue weighted by atomic mass is 16.5. The third-order valence-corrected chi connectivity index (χ3v) is 3.53. The number of allylic oxidation sites excluding steroid dienone is 1. The van der Waals surface area contributed by atoms with Crippen LogP contribution in [0, 0.1) is 18.8 Å². The molecule has 0 aliphatic heterocycles. The van der Waals surface area contributed by atoms with Gasteiger partial charge in [-0.2, -0.15) is 0 Å². The standard InChI is InChI=1S/C16H31O/c1-6-9-14(2)10-7-11-15(3)12-8-13-16(4)17-5/h14-15H,1,4,6-13H2,2-3,5H3. The normalized spacial score (nSPS) is 14.4. The molecule has 0 aromatic heterocycles. The van der Waals surface area contributed by atoms with Gasteiger partial charge >= 0.3 is 0 Å². The first-order valence-electron chi connectivity index (χ1n) is 7.11. The Bertz CT molecular complexity index is 186. The molecule has 1 nitrogen and oxygen atoms in total. The van der Waals surface area contributed by atoms with Gasteiger partial charge in [-0.05, 0) is 18.3 Å². The number of methoxy groups -OCH3 is 1. The van der Waals surface area contributed by atoms with Crippen molar-refractivity contribution in [3.8, 4) is 0 Å². The van der Waals surface area contributed by atoms with Crippen LogP contribution in [0.3, 0.4) is 0 Å². The maximum atomic E-state index is 5.07. The smallest absolute Gasteiger partial charge is 0.0883 e. The summed E-state index contributed by atoms with van der Waals surface area (Å²) in [5, 5.41) is 0. The van der Waals surface area contributed by atoms with Gasteiger partial charge in [-0.25, -0.2) is 0 Å². The molecule has 2 atom stereocenters. The van der Waals surface area contributed by atoms with Crippen LogP contribution >= 0.6 is 0 Å². The van der Waals surface area contributed by atoms with E-state index in [1.807, 2.05) is 0 Å². The molecule has 0 aliphatic carbocycles. The lowest BCUT2D eigenvalue weighted by Crippen LogP contribution is -1.99. The van der Waals surface area contributed by atoms with Gasteiger partial charge in [0.1, 0.15) is 0 Å². The first-order valence-corrected chi connectivity index (χ1v) is 7.11. The molecular weight excluding hydrogens is 208 g/mol. The van der Waals surface area contributed by atoms with Crippen molar-refractivity contribution in [2.45, 2.75) is 65.2 Å². The molecule has 0 aliphatic rings. The molecule has 1 radical (unpaired) electrons. The van der Waals surface area contributed by atoms with Crippen molar-refractivity contribution in [3.63, 3.8) is 0 Å². The maximum absolute atomic E-state index is 5.07. The van der Waals surface area contributed by atoms with Crippen molar-refractivity contribution in [3.05, 3.63) is 19.3 Å². The van der Waals surface area contributed by atoms with Crippen LogP contribution in [0.5, 0.6) is 0 Å². The minimum atomic E-state index is 0.839. The molecule has 17 heavy (non-hydrogen) atoms. The summed E-state index contributed by atoms with van der Waals surface area (Å²) in [6.45, 7) is 12.5. The van der Waals surface area contributed by atoms with Crippen LogP contribution in [0.1, 0.15) is 65.2 Å². The molecule has 0 aromatic rings. The molecule has 1 heteroatoms. The SMILES string of the molecule is [CH2]CCC(C)CCCC(C)CCCC(=C)OC. The predicted molar refractivity (Wildman–Crippen MR) is 76.8 cm³/mol. The molecule has 0 rings (SSSR count). The molecule has 0 saturated carbocycles. The van der Waals surface area contributed by atoms with Gasteiger partial charge in [-0.1, -0.05) is 65.9 Å². The zero-order valence-corrected chi connectivity index (χ0v) is 12.1. The third kappa shape index (κ3) is 10.4. The minimum Gasteiger partial charge on any atom is -0.502 e.